The van der Waals surface area contributed by atoms with Gasteiger partial charge in [-0.05, 0) is 36.6 Å². The quantitative estimate of drug-likeness (QED) is 0.849. The minimum atomic E-state index is -0.00634. The van der Waals surface area contributed by atoms with E-state index in [1.807, 2.05) is 18.2 Å². The molecule has 0 amide bonds. The second-order valence-electron chi connectivity index (χ2n) is 4.72. The third kappa shape index (κ3) is 2.12. The van der Waals surface area contributed by atoms with E-state index in [0.717, 1.165) is 25.1 Å². The lowest BCUT2D eigenvalue weighted by Crippen LogP contribution is -2.11. The second-order valence-corrected chi connectivity index (χ2v) is 4.72. The highest BCUT2D eigenvalue weighted by molar-refractivity contribution is 6.08. The fraction of sp³-hybridized carbons (Fsp3) is 0.357. The highest BCUT2D eigenvalue weighted by Gasteiger charge is 2.18. The molecule has 98 valence electrons. The largest absolute Gasteiger partial charge is 0.384 e. The maximum atomic E-state index is 12.5. The van der Waals surface area contributed by atoms with Gasteiger partial charge in [-0.15, -0.1) is 5.10 Å². The summed E-state index contributed by atoms with van der Waals surface area (Å²) in [7, 11) is 0. The Morgan fingerprint density at radius 3 is 3.21 bits per heavy atom. The zero-order valence-corrected chi connectivity index (χ0v) is 10.9. The molecule has 1 N–H and O–H groups in total. The molecule has 1 aromatic heterocycles. The summed E-state index contributed by atoms with van der Waals surface area (Å²) in [5.74, 6) is -0.00634. The summed E-state index contributed by atoms with van der Waals surface area (Å²) in [5, 5.41) is 11.1. The summed E-state index contributed by atoms with van der Waals surface area (Å²) in [6.45, 7) is 3.72. The van der Waals surface area contributed by atoms with Crippen LogP contribution < -0.4 is 5.32 Å². The Morgan fingerprint density at radius 1 is 1.47 bits per heavy atom. The third-order valence-corrected chi connectivity index (χ3v) is 3.36. The summed E-state index contributed by atoms with van der Waals surface area (Å²) < 4.78 is 1.67. The number of fused-ring (bicyclic) bond motifs is 1. The normalized spacial score (nSPS) is 13.1. The lowest BCUT2D eigenvalue weighted by Gasteiger charge is -2.06. The molecule has 3 rings (SSSR count). The van der Waals surface area contributed by atoms with Gasteiger partial charge in [0.05, 0.1) is 6.20 Å². The van der Waals surface area contributed by atoms with Crippen LogP contribution in [0.3, 0.4) is 0 Å². The molecule has 5 nitrogen and oxygen atoms in total. The third-order valence-electron chi connectivity index (χ3n) is 3.36. The second kappa shape index (κ2) is 4.84. The zero-order chi connectivity index (χ0) is 13.2. The van der Waals surface area contributed by atoms with Crippen LogP contribution in [0.25, 0.3) is 0 Å². The number of ketones is 1. The summed E-state index contributed by atoms with van der Waals surface area (Å²) >= 11 is 0. The summed E-state index contributed by atoms with van der Waals surface area (Å²) in [5.41, 5.74) is 3.62. The Kier molecular flexibility index (Phi) is 3.03. The van der Waals surface area contributed by atoms with E-state index in [9.17, 15) is 4.79 Å². The van der Waals surface area contributed by atoms with E-state index in [0.29, 0.717) is 17.8 Å². The monoisotopic (exact) mass is 256 g/mol. The number of hydrogen-bond acceptors (Lipinski definition) is 4. The summed E-state index contributed by atoms with van der Waals surface area (Å²) in [6.07, 6.45) is 3.45. The van der Waals surface area contributed by atoms with Crippen LogP contribution in [0.5, 0.6) is 0 Å². The first-order valence-corrected chi connectivity index (χ1v) is 6.59. The average molecular weight is 256 g/mol. The predicted octanol–water partition coefficient (Wildman–Crippen LogP) is 1.89. The van der Waals surface area contributed by atoms with Gasteiger partial charge in [0.1, 0.15) is 5.69 Å². The molecule has 0 unspecified atom stereocenters. The van der Waals surface area contributed by atoms with Gasteiger partial charge < -0.3 is 5.32 Å². The molecule has 0 radical (unpaired) electrons. The van der Waals surface area contributed by atoms with Crippen LogP contribution >= 0.6 is 0 Å². The van der Waals surface area contributed by atoms with Crippen LogP contribution in [0.4, 0.5) is 5.69 Å². The first kappa shape index (κ1) is 11.9. The molecule has 0 aliphatic carbocycles. The Balaban J connectivity index is 1.93. The van der Waals surface area contributed by atoms with Crippen molar-refractivity contribution < 1.29 is 4.79 Å². The fourth-order valence-electron chi connectivity index (χ4n) is 2.40. The van der Waals surface area contributed by atoms with E-state index in [2.05, 4.69) is 22.6 Å². The smallest absolute Gasteiger partial charge is 0.212 e. The Labute approximate surface area is 111 Å². The number of carbonyl (C=O) groups excluding carboxylic acids is 1. The maximum absolute atomic E-state index is 12.5. The van der Waals surface area contributed by atoms with Crippen molar-refractivity contribution in [1.82, 2.24) is 15.0 Å². The van der Waals surface area contributed by atoms with Crippen molar-refractivity contribution in [2.75, 3.05) is 11.9 Å². The number of nitrogens with zero attached hydrogens (tertiary/aromatic N) is 3. The van der Waals surface area contributed by atoms with Crippen molar-refractivity contribution in [2.24, 2.45) is 0 Å². The molecule has 19 heavy (non-hydrogen) atoms. The van der Waals surface area contributed by atoms with Crippen LogP contribution in [0.15, 0.2) is 24.4 Å². The maximum Gasteiger partial charge on any atom is 0.212 e. The first-order chi connectivity index (χ1) is 9.29. The van der Waals surface area contributed by atoms with E-state index in [1.54, 1.807) is 10.9 Å². The molecular weight excluding hydrogens is 240 g/mol. The van der Waals surface area contributed by atoms with Crippen molar-refractivity contribution in [3.8, 4) is 0 Å². The standard InChI is InChI=1S/C14H16N4O/c1-2-7-18-13(9-16-17-18)14(19)11-3-4-12-10(8-11)5-6-15-12/h3-4,8-9,15H,2,5-7H2,1H3. The van der Waals surface area contributed by atoms with Gasteiger partial charge in [-0.25, -0.2) is 4.68 Å². The molecule has 1 aliphatic rings. The Hall–Kier alpha value is -2.17. The molecule has 0 atom stereocenters. The summed E-state index contributed by atoms with van der Waals surface area (Å²) in [6, 6.07) is 5.81. The minimum Gasteiger partial charge on any atom is -0.384 e. The molecule has 5 heteroatoms. The van der Waals surface area contributed by atoms with E-state index >= 15 is 0 Å². The Bertz CT molecular complexity index is 618. The SMILES string of the molecule is CCCn1nncc1C(=O)c1ccc2c(c1)CCN2. The lowest BCUT2D eigenvalue weighted by molar-refractivity contribution is 0.102. The molecular formula is C14H16N4O. The molecule has 2 aromatic rings. The van der Waals surface area contributed by atoms with Gasteiger partial charge >= 0.3 is 0 Å². The van der Waals surface area contributed by atoms with Gasteiger partial charge in [0.2, 0.25) is 5.78 Å². The van der Waals surface area contributed by atoms with Gasteiger partial charge in [-0.1, -0.05) is 12.1 Å². The highest BCUT2D eigenvalue weighted by Crippen LogP contribution is 2.24. The minimum absolute atomic E-state index is 0.00634. The van der Waals surface area contributed by atoms with Crippen LogP contribution in [-0.4, -0.2) is 27.3 Å². The van der Waals surface area contributed by atoms with E-state index in [-0.39, 0.29) is 5.78 Å². The number of hydrogen-bond donors (Lipinski definition) is 1. The first-order valence-electron chi connectivity index (χ1n) is 6.59. The van der Waals surface area contributed by atoms with Gasteiger partial charge in [-0.3, -0.25) is 4.79 Å². The molecule has 0 spiro atoms. The molecule has 1 aliphatic heterocycles. The van der Waals surface area contributed by atoms with E-state index in [1.165, 1.54) is 5.56 Å². The average Bonchev–Trinajstić information content (AvgIpc) is 3.05. The molecule has 0 saturated carbocycles. The van der Waals surface area contributed by atoms with Crippen molar-refractivity contribution in [3.05, 3.63) is 41.2 Å². The fourth-order valence-corrected chi connectivity index (χ4v) is 2.40. The van der Waals surface area contributed by atoms with Crippen LogP contribution in [-0.2, 0) is 13.0 Å². The summed E-state index contributed by atoms with van der Waals surface area (Å²) in [4.78, 5) is 12.5. The topological polar surface area (TPSA) is 59.8 Å². The van der Waals surface area contributed by atoms with Gasteiger partial charge in [0.25, 0.3) is 0 Å². The molecule has 0 fully saturated rings. The number of nitrogens with one attached hydrogen (secondary N) is 1. The van der Waals surface area contributed by atoms with Gasteiger partial charge in [-0.2, -0.15) is 0 Å². The van der Waals surface area contributed by atoms with Crippen LogP contribution in [0.2, 0.25) is 0 Å². The molecule has 0 bridgehead atoms. The highest BCUT2D eigenvalue weighted by atomic mass is 16.1. The molecule has 1 aromatic carbocycles. The van der Waals surface area contributed by atoms with Crippen molar-refractivity contribution in [1.29, 1.82) is 0 Å². The number of rotatable bonds is 4. The van der Waals surface area contributed by atoms with E-state index < -0.39 is 0 Å². The van der Waals surface area contributed by atoms with Gasteiger partial charge in [0.15, 0.2) is 0 Å². The Morgan fingerprint density at radius 2 is 2.37 bits per heavy atom. The zero-order valence-electron chi connectivity index (χ0n) is 10.9. The number of anilines is 1. The molecule has 2 heterocycles. The van der Waals surface area contributed by atoms with Crippen molar-refractivity contribution in [2.45, 2.75) is 26.3 Å². The lowest BCUT2D eigenvalue weighted by atomic mass is 10.0. The molecule has 0 saturated heterocycles. The van der Waals surface area contributed by atoms with Crippen molar-refractivity contribution in [3.63, 3.8) is 0 Å². The number of aryl methyl sites for hydroxylation is 1. The van der Waals surface area contributed by atoms with Crippen molar-refractivity contribution >= 4 is 11.5 Å². The number of benzene rings is 1. The number of carbonyl (C=O) groups is 1. The van der Waals surface area contributed by atoms with Crippen LogP contribution in [0, 0.1) is 0 Å². The van der Waals surface area contributed by atoms with Crippen LogP contribution in [0.1, 0.15) is 35.0 Å². The van der Waals surface area contributed by atoms with E-state index in [4.69, 9.17) is 0 Å². The number of aromatic nitrogens is 3. The predicted molar refractivity (Wildman–Crippen MR) is 72.4 cm³/mol. The van der Waals surface area contributed by atoms with Gasteiger partial charge in [0, 0.05) is 24.3 Å².